The Labute approximate surface area is 165 Å². The molecule has 0 aliphatic carbocycles. The molecule has 2 aliphatic rings. The van der Waals surface area contributed by atoms with E-state index in [9.17, 15) is 13.2 Å². The summed E-state index contributed by atoms with van der Waals surface area (Å²) < 4.78 is 35.7. The third-order valence-electron chi connectivity index (χ3n) is 5.41. The van der Waals surface area contributed by atoms with E-state index < -0.39 is 10.2 Å². The van der Waals surface area contributed by atoms with Gasteiger partial charge in [0.1, 0.15) is 6.10 Å². The van der Waals surface area contributed by atoms with Crippen LogP contribution in [0.2, 0.25) is 0 Å². The summed E-state index contributed by atoms with van der Waals surface area (Å²) in [5.74, 6) is -0.255. The van der Waals surface area contributed by atoms with Crippen LogP contribution >= 0.6 is 0 Å². The molecule has 0 amide bonds. The summed E-state index contributed by atoms with van der Waals surface area (Å²) in [6, 6.07) is 18.1. The summed E-state index contributed by atoms with van der Waals surface area (Å²) in [5, 5.41) is 0. The predicted molar refractivity (Wildman–Crippen MR) is 107 cm³/mol. The van der Waals surface area contributed by atoms with Crippen molar-refractivity contribution in [3.8, 4) is 0 Å². The molecule has 2 aromatic rings. The van der Waals surface area contributed by atoms with Gasteiger partial charge in [0.05, 0.1) is 6.42 Å². The van der Waals surface area contributed by atoms with Crippen molar-refractivity contribution in [1.82, 2.24) is 4.31 Å². The highest BCUT2D eigenvalue weighted by Crippen LogP contribution is 2.39. The van der Waals surface area contributed by atoms with Gasteiger partial charge in [-0.25, -0.2) is 0 Å². The smallest absolute Gasteiger partial charge is 0.310 e. The van der Waals surface area contributed by atoms with Gasteiger partial charge in [-0.05, 0) is 30.5 Å². The van der Waals surface area contributed by atoms with Crippen LogP contribution in [-0.4, -0.2) is 36.9 Å². The topological polar surface area (TPSA) is 75.7 Å². The molecule has 2 aliphatic heterocycles. The zero-order valence-electron chi connectivity index (χ0n) is 15.5. The molecule has 2 aromatic carbocycles. The Morgan fingerprint density at radius 1 is 0.964 bits per heavy atom. The number of ether oxygens (including phenoxy) is 1. The SMILES string of the molecule is O=C(Cc1ccccc1)OC1C[C@H]2CC[C@@H](C1)N2S(=O)(=O)Nc1ccccc1. The molecule has 2 bridgehead atoms. The summed E-state index contributed by atoms with van der Waals surface area (Å²) in [5.41, 5.74) is 1.47. The lowest BCUT2D eigenvalue weighted by Crippen LogP contribution is -2.50. The van der Waals surface area contributed by atoms with Gasteiger partial charge in [0.15, 0.2) is 0 Å². The fraction of sp³-hybridized carbons (Fsp3) is 0.381. The van der Waals surface area contributed by atoms with Crippen LogP contribution in [0.15, 0.2) is 60.7 Å². The molecule has 1 unspecified atom stereocenters. The van der Waals surface area contributed by atoms with Gasteiger partial charge in [0.2, 0.25) is 0 Å². The van der Waals surface area contributed by atoms with Crippen molar-refractivity contribution in [3.05, 3.63) is 66.2 Å². The number of hydrogen-bond acceptors (Lipinski definition) is 4. The highest BCUT2D eigenvalue weighted by molar-refractivity contribution is 7.90. The van der Waals surface area contributed by atoms with Crippen LogP contribution < -0.4 is 4.72 Å². The Morgan fingerprint density at radius 3 is 2.14 bits per heavy atom. The molecule has 0 saturated carbocycles. The van der Waals surface area contributed by atoms with E-state index in [1.165, 1.54) is 0 Å². The fourth-order valence-corrected chi connectivity index (χ4v) is 5.98. The first-order chi connectivity index (χ1) is 13.5. The molecular weight excluding hydrogens is 376 g/mol. The maximum atomic E-state index is 12.9. The van der Waals surface area contributed by atoms with E-state index in [-0.39, 0.29) is 30.6 Å². The van der Waals surface area contributed by atoms with Gasteiger partial charge in [-0.3, -0.25) is 9.52 Å². The second-order valence-electron chi connectivity index (χ2n) is 7.43. The van der Waals surface area contributed by atoms with Crippen LogP contribution in [0.25, 0.3) is 0 Å². The van der Waals surface area contributed by atoms with Crippen molar-refractivity contribution >= 4 is 21.9 Å². The maximum absolute atomic E-state index is 12.9. The lowest BCUT2D eigenvalue weighted by atomic mass is 10.0. The van der Waals surface area contributed by atoms with Crippen molar-refractivity contribution in [3.63, 3.8) is 0 Å². The van der Waals surface area contributed by atoms with Gasteiger partial charge in [-0.1, -0.05) is 48.5 Å². The van der Waals surface area contributed by atoms with E-state index in [2.05, 4.69) is 4.72 Å². The van der Waals surface area contributed by atoms with Gasteiger partial charge in [0, 0.05) is 30.6 Å². The van der Waals surface area contributed by atoms with Crippen molar-refractivity contribution in [2.45, 2.75) is 50.3 Å². The average Bonchev–Trinajstić information content (AvgIpc) is 2.96. The largest absolute Gasteiger partial charge is 0.462 e. The quantitative estimate of drug-likeness (QED) is 0.756. The number of nitrogens with one attached hydrogen (secondary N) is 1. The third-order valence-corrected chi connectivity index (χ3v) is 7.06. The van der Waals surface area contributed by atoms with Crippen molar-refractivity contribution < 1.29 is 17.9 Å². The van der Waals surface area contributed by atoms with Gasteiger partial charge < -0.3 is 4.74 Å². The number of carbonyl (C=O) groups is 1. The number of carbonyl (C=O) groups excluding carboxylic acids is 1. The molecule has 2 fully saturated rings. The van der Waals surface area contributed by atoms with E-state index >= 15 is 0 Å². The minimum atomic E-state index is -3.63. The number of nitrogens with zero attached hydrogens (tertiary/aromatic N) is 1. The van der Waals surface area contributed by atoms with Crippen LogP contribution in [0.3, 0.4) is 0 Å². The molecule has 1 N–H and O–H groups in total. The van der Waals surface area contributed by atoms with Crippen molar-refractivity contribution in [2.75, 3.05) is 4.72 Å². The minimum Gasteiger partial charge on any atom is -0.462 e. The molecule has 148 valence electrons. The van der Waals surface area contributed by atoms with Crippen molar-refractivity contribution in [1.29, 1.82) is 0 Å². The summed E-state index contributed by atoms with van der Waals surface area (Å²) in [4.78, 5) is 12.3. The average molecular weight is 400 g/mol. The van der Waals surface area contributed by atoms with Crippen LogP contribution in [0, 0.1) is 0 Å². The number of esters is 1. The van der Waals surface area contributed by atoms with E-state index in [1.807, 2.05) is 36.4 Å². The number of rotatable bonds is 6. The first-order valence-corrected chi connectivity index (χ1v) is 11.0. The number of piperidine rings is 1. The van der Waals surface area contributed by atoms with Gasteiger partial charge >= 0.3 is 16.2 Å². The lowest BCUT2D eigenvalue weighted by molar-refractivity contribution is -0.150. The Kier molecular flexibility index (Phi) is 5.37. The number of hydrogen-bond donors (Lipinski definition) is 1. The van der Waals surface area contributed by atoms with Crippen LogP contribution in [0.1, 0.15) is 31.2 Å². The molecule has 7 heteroatoms. The monoisotopic (exact) mass is 400 g/mol. The molecular formula is C21H24N2O4S. The Balaban J connectivity index is 1.38. The van der Waals surface area contributed by atoms with Crippen LogP contribution in [-0.2, 0) is 26.2 Å². The summed E-state index contributed by atoms with van der Waals surface area (Å²) >= 11 is 0. The van der Waals surface area contributed by atoms with Crippen LogP contribution in [0.5, 0.6) is 0 Å². The first kappa shape index (κ1) is 19.0. The van der Waals surface area contributed by atoms with E-state index in [0.29, 0.717) is 18.5 Å². The lowest BCUT2D eigenvalue weighted by Gasteiger charge is -2.37. The van der Waals surface area contributed by atoms with Gasteiger partial charge in [-0.15, -0.1) is 0 Å². The molecule has 3 atom stereocenters. The summed E-state index contributed by atoms with van der Waals surface area (Å²) in [7, 11) is -3.63. The standard InChI is InChI=1S/C21H24N2O4S/c24-21(13-16-7-3-1-4-8-16)27-20-14-18-11-12-19(15-20)23(18)28(25,26)22-17-9-5-2-6-10-17/h1-10,18-20,22H,11-15H2/t18-,19+,20?. The molecule has 0 radical (unpaired) electrons. The normalized spacial score (nSPS) is 24.6. The zero-order valence-corrected chi connectivity index (χ0v) is 16.3. The van der Waals surface area contributed by atoms with E-state index in [4.69, 9.17) is 4.74 Å². The van der Waals surface area contributed by atoms with Crippen molar-refractivity contribution in [2.24, 2.45) is 0 Å². The van der Waals surface area contributed by atoms with Gasteiger partial charge in [-0.2, -0.15) is 12.7 Å². The maximum Gasteiger partial charge on any atom is 0.310 e. The number of fused-ring (bicyclic) bond motifs is 2. The van der Waals surface area contributed by atoms with Crippen LogP contribution in [0.4, 0.5) is 5.69 Å². The molecule has 4 rings (SSSR count). The zero-order chi connectivity index (χ0) is 19.6. The highest BCUT2D eigenvalue weighted by Gasteiger charge is 2.47. The number of para-hydroxylation sites is 1. The van der Waals surface area contributed by atoms with Gasteiger partial charge in [0.25, 0.3) is 0 Å². The first-order valence-electron chi connectivity index (χ1n) is 9.61. The molecule has 6 nitrogen and oxygen atoms in total. The summed E-state index contributed by atoms with van der Waals surface area (Å²) in [6.07, 6.45) is 2.71. The molecule has 0 aromatic heterocycles. The molecule has 2 heterocycles. The van der Waals surface area contributed by atoms with E-state index in [0.717, 1.165) is 18.4 Å². The number of anilines is 1. The predicted octanol–water partition coefficient (Wildman–Crippen LogP) is 3.12. The highest BCUT2D eigenvalue weighted by atomic mass is 32.2. The third kappa shape index (κ3) is 4.20. The number of benzene rings is 2. The second kappa shape index (κ2) is 7.93. The Morgan fingerprint density at radius 2 is 1.54 bits per heavy atom. The van der Waals surface area contributed by atoms with E-state index in [1.54, 1.807) is 28.6 Å². The summed E-state index contributed by atoms with van der Waals surface area (Å²) in [6.45, 7) is 0. The Bertz CT molecular complexity index is 904. The molecule has 0 spiro atoms. The fourth-order valence-electron chi connectivity index (χ4n) is 4.27. The second-order valence-corrected chi connectivity index (χ2v) is 9.01. The Hall–Kier alpha value is -2.38. The molecule has 2 saturated heterocycles. The molecule has 28 heavy (non-hydrogen) atoms. The minimum absolute atomic E-state index is 0.130.